The largest absolute Gasteiger partial charge is 0.355 e. The van der Waals surface area contributed by atoms with Gasteiger partial charge in [0.25, 0.3) is 5.91 Å². The number of rotatable bonds is 5. The molecule has 5 heteroatoms. The van der Waals surface area contributed by atoms with E-state index in [0.717, 1.165) is 29.7 Å². The number of hydrogen-bond acceptors (Lipinski definition) is 3. The van der Waals surface area contributed by atoms with Crippen molar-refractivity contribution in [1.82, 2.24) is 5.16 Å². The third kappa shape index (κ3) is 3.60. The molecule has 0 saturated carbocycles. The highest BCUT2D eigenvalue weighted by Gasteiger charge is 2.16. The second-order valence-electron chi connectivity index (χ2n) is 5.70. The van der Waals surface area contributed by atoms with Crippen LogP contribution in [0.15, 0.2) is 53.1 Å². The van der Waals surface area contributed by atoms with Crippen LogP contribution < -0.4 is 5.32 Å². The van der Waals surface area contributed by atoms with Gasteiger partial charge in [0.05, 0.1) is 0 Å². The van der Waals surface area contributed by atoms with Gasteiger partial charge in [-0.2, -0.15) is 0 Å². The number of carbonyl (C=O) groups excluding carboxylic acids is 1. The lowest BCUT2D eigenvalue weighted by Crippen LogP contribution is -2.15. The Labute approximate surface area is 145 Å². The first-order valence-corrected chi connectivity index (χ1v) is 8.27. The third-order valence-corrected chi connectivity index (χ3v) is 4.11. The fraction of sp³-hybridized carbons (Fsp3) is 0.200. The van der Waals surface area contributed by atoms with E-state index in [1.807, 2.05) is 32.0 Å². The quantitative estimate of drug-likeness (QED) is 0.723. The first kappa shape index (κ1) is 16.9. The van der Waals surface area contributed by atoms with Crippen LogP contribution in [0.3, 0.4) is 0 Å². The van der Waals surface area contributed by atoms with Gasteiger partial charge in [-0.1, -0.05) is 37.2 Å². The van der Waals surface area contributed by atoms with Gasteiger partial charge < -0.3 is 9.84 Å². The molecule has 0 aliphatic carbocycles. The number of amides is 1. The molecule has 0 fully saturated rings. The van der Waals surface area contributed by atoms with Crippen molar-refractivity contribution in [2.75, 3.05) is 5.32 Å². The van der Waals surface area contributed by atoms with Crippen molar-refractivity contribution >= 4 is 11.6 Å². The van der Waals surface area contributed by atoms with Gasteiger partial charge in [0.15, 0.2) is 11.5 Å². The highest BCUT2D eigenvalue weighted by atomic mass is 19.1. The molecular weight excluding hydrogens is 319 g/mol. The SMILES string of the molecule is CCc1cccc(CC)c1NC(=O)c1cc(-c2ccc(F)cc2)on1. The third-order valence-electron chi connectivity index (χ3n) is 4.11. The van der Waals surface area contributed by atoms with Gasteiger partial charge in [0.2, 0.25) is 0 Å². The van der Waals surface area contributed by atoms with Crippen LogP contribution >= 0.6 is 0 Å². The molecule has 1 aromatic heterocycles. The summed E-state index contributed by atoms with van der Waals surface area (Å²) in [5, 5.41) is 6.79. The molecule has 0 radical (unpaired) electrons. The fourth-order valence-corrected chi connectivity index (χ4v) is 2.71. The fourth-order valence-electron chi connectivity index (χ4n) is 2.71. The van der Waals surface area contributed by atoms with E-state index in [1.165, 1.54) is 12.1 Å². The van der Waals surface area contributed by atoms with Crippen LogP contribution in [0.25, 0.3) is 11.3 Å². The van der Waals surface area contributed by atoms with Gasteiger partial charge in [-0.25, -0.2) is 4.39 Å². The van der Waals surface area contributed by atoms with Crippen LogP contribution in [0, 0.1) is 5.82 Å². The minimum absolute atomic E-state index is 0.187. The Morgan fingerprint density at radius 2 is 1.72 bits per heavy atom. The van der Waals surface area contributed by atoms with E-state index < -0.39 is 0 Å². The van der Waals surface area contributed by atoms with Crippen molar-refractivity contribution in [3.63, 3.8) is 0 Å². The Kier molecular flexibility index (Phi) is 4.93. The Morgan fingerprint density at radius 1 is 1.08 bits per heavy atom. The molecule has 2 aromatic carbocycles. The lowest BCUT2D eigenvalue weighted by molar-refractivity contribution is 0.101. The number of para-hydroxylation sites is 1. The summed E-state index contributed by atoms with van der Waals surface area (Å²) in [4.78, 5) is 12.6. The van der Waals surface area contributed by atoms with Crippen LogP contribution in [0.4, 0.5) is 10.1 Å². The Bertz CT molecular complexity index is 863. The predicted molar refractivity (Wildman–Crippen MR) is 95.0 cm³/mol. The zero-order valence-corrected chi connectivity index (χ0v) is 14.2. The summed E-state index contributed by atoms with van der Waals surface area (Å²) in [5.41, 5.74) is 3.84. The summed E-state index contributed by atoms with van der Waals surface area (Å²) >= 11 is 0. The van der Waals surface area contributed by atoms with Crippen molar-refractivity contribution in [3.05, 3.63) is 71.2 Å². The maximum atomic E-state index is 13.0. The number of carbonyl (C=O) groups is 1. The average Bonchev–Trinajstić information content (AvgIpc) is 3.12. The minimum atomic E-state index is -0.329. The first-order chi connectivity index (χ1) is 12.1. The molecule has 3 aromatic rings. The van der Waals surface area contributed by atoms with Crippen molar-refractivity contribution in [3.8, 4) is 11.3 Å². The number of nitrogens with one attached hydrogen (secondary N) is 1. The highest BCUT2D eigenvalue weighted by Crippen LogP contribution is 2.25. The predicted octanol–water partition coefficient (Wildman–Crippen LogP) is 4.86. The van der Waals surface area contributed by atoms with E-state index in [1.54, 1.807) is 18.2 Å². The number of benzene rings is 2. The summed E-state index contributed by atoms with van der Waals surface area (Å²) in [7, 11) is 0. The van der Waals surface area contributed by atoms with Crippen LogP contribution in [-0.2, 0) is 12.8 Å². The van der Waals surface area contributed by atoms with Crippen molar-refractivity contribution in [2.24, 2.45) is 0 Å². The summed E-state index contributed by atoms with van der Waals surface area (Å²) < 4.78 is 18.2. The van der Waals surface area contributed by atoms with Crippen LogP contribution in [-0.4, -0.2) is 11.1 Å². The molecule has 1 amide bonds. The van der Waals surface area contributed by atoms with Crippen LogP contribution in [0.2, 0.25) is 0 Å². The highest BCUT2D eigenvalue weighted by molar-refractivity contribution is 6.04. The number of anilines is 1. The average molecular weight is 338 g/mol. The van der Waals surface area contributed by atoms with Gasteiger partial charge in [-0.05, 0) is 48.2 Å². The van der Waals surface area contributed by atoms with E-state index in [0.29, 0.717) is 11.3 Å². The normalized spacial score (nSPS) is 10.7. The Balaban J connectivity index is 1.84. The molecule has 0 aliphatic heterocycles. The molecule has 0 saturated heterocycles. The standard InChI is InChI=1S/C20H19FN2O2/c1-3-13-6-5-7-14(4-2)19(13)22-20(24)17-12-18(25-23-17)15-8-10-16(21)11-9-15/h5-12H,3-4H2,1-2H3,(H,22,24). The Hall–Kier alpha value is -2.95. The molecule has 0 spiro atoms. The number of halogens is 1. The molecule has 0 aliphatic rings. The number of aromatic nitrogens is 1. The summed E-state index contributed by atoms with van der Waals surface area (Å²) in [6.07, 6.45) is 1.65. The second-order valence-corrected chi connectivity index (χ2v) is 5.70. The summed E-state index contributed by atoms with van der Waals surface area (Å²) in [6.45, 7) is 4.10. The molecule has 1 heterocycles. The molecule has 0 atom stereocenters. The first-order valence-electron chi connectivity index (χ1n) is 8.27. The zero-order valence-electron chi connectivity index (χ0n) is 14.2. The number of nitrogens with zero attached hydrogens (tertiary/aromatic N) is 1. The zero-order chi connectivity index (χ0) is 17.8. The maximum Gasteiger partial charge on any atom is 0.277 e. The van der Waals surface area contributed by atoms with E-state index in [9.17, 15) is 9.18 Å². The summed E-state index contributed by atoms with van der Waals surface area (Å²) in [5.74, 6) is -0.234. The van der Waals surface area contributed by atoms with Crippen molar-refractivity contribution < 1.29 is 13.7 Å². The molecule has 3 rings (SSSR count). The van der Waals surface area contributed by atoms with Gasteiger partial charge >= 0.3 is 0 Å². The van der Waals surface area contributed by atoms with Crippen molar-refractivity contribution in [2.45, 2.75) is 26.7 Å². The Morgan fingerprint density at radius 3 is 2.32 bits per heavy atom. The molecule has 0 bridgehead atoms. The van der Waals surface area contributed by atoms with Crippen molar-refractivity contribution in [1.29, 1.82) is 0 Å². The van der Waals surface area contributed by atoms with Gasteiger partial charge in [0.1, 0.15) is 5.82 Å². The van der Waals surface area contributed by atoms with E-state index in [-0.39, 0.29) is 17.4 Å². The van der Waals surface area contributed by atoms with Crippen LogP contribution in [0.5, 0.6) is 0 Å². The number of aryl methyl sites for hydroxylation is 2. The molecular formula is C20H19FN2O2. The molecule has 0 unspecified atom stereocenters. The lowest BCUT2D eigenvalue weighted by atomic mass is 10.0. The summed E-state index contributed by atoms with van der Waals surface area (Å²) in [6, 6.07) is 13.4. The monoisotopic (exact) mass is 338 g/mol. The van der Waals surface area contributed by atoms with E-state index in [4.69, 9.17) is 4.52 Å². The topological polar surface area (TPSA) is 55.1 Å². The van der Waals surface area contributed by atoms with Crippen LogP contribution in [0.1, 0.15) is 35.5 Å². The minimum Gasteiger partial charge on any atom is -0.355 e. The lowest BCUT2D eigenvalue weighted by Gasteiger charge is -2.13. The van der Waals surface area contributed by atoms with E-state index >= 15 is 0 Å². The second kappa shape index (κ2) is 7.30. The molecule has 1 N–H and O–H groups in total. The molecule has 4 nitrogen and oxygen atoms in total. The maximum absolute atomic E-state index is 13.0. The van der Waals surface area contributed by atoms with Gasteiger partial charge in [-0.3, -0.25) is 4.79 Å². The molecule has 25 heavy (non-hydrogen) atoms. The van der Waals surface area contributed by atoms with Gasteiger partial charge in [-0.15, -0.1) is 0 Å². The van der Waals surface area contributed by atoms with Gasteiger partial charge in [0, 0.05) is 17.3 Å². The van der Waals surface area contributed by atoms with E-state index in [2.05, 4.69) is 10.5 Å². The molecule has 128 valence electrons. The smallest absolute Gasteiger partial charge is 0.277 e. The number of hydrogen-bond donors (Lipinski definition) is 1.